The molecule has 0 amide bonds. The summed E-state index contributed by atoms with van der Waals surface area (Å²) in [6.07, 6.45) is 3.79. The number of thiophene rings is 1. The summed E-state index contributed by atoms with van der Waals surface area (Å²) in [6.45, 7) is 3.26. The van der Waals surface area contributed by atoms with Gasteiger partial charge in [-0.2, -0.15) is 11.3 Å². The lowest BCUT2D eigenvalue weighted by Crippen LogP contribution is -2.24. The summed E-state index contributed by atoms with van der Waals surface area (Å²) in [5.74, 6) is 0. The molecular weight excluding hydrogens is 276 g/mol. The Bertz CT molecular complexity index is 539. The summed E-state index contributed by atoms with van der Waals surface area (Å²) in [4.78, 5) is 2.56. The molecule has 1 unspecified atom stereocenters. The zero-order chi connectivity index (χ0) is 14.7. The molecule has 1 N–H and O–H groups in total. The highest BCUT2D eigenvalue weighted by Crippen LogP contribution is 2.34. The lowest BCUT2D eigenvalue weighted by molar-refractivity contribution is 0.577. The summed E-state index contributed by atoms with van der Waals surface area (Å²) < 4.78 is 0. The molecule has 1 aliphatic carbocycles. The number of hydrogen-bond acceptors (Lipinski definition) is 3. The van der Waals surface area contributed by atoms with E-state index in [1.54, 1.807) is 11.3 Å². The molecule has 0 saturated heterocycles. The Balaban J connectivity index is 1.76. The van der Waals surface area contributed by atoms with Crippen LogP contribution in [-0.2, 0) is 6.54 Å². The van der Waals surface area contributed by atoms with Crippen LogP contribution in [0.4, 0.5) is 5.69 Å². The van der Waals surface area contributed by atoms with Crippen LogP contribution in [0.25, 0.3) is 0 Å². The zero-order valence-corrected chi connectivity index (χ0v) is 13.7. The molecule has 3 rings (SSSR count). The highest BCUT2D eigenvalue weighted by molar-refractivity contribution is 7.07. The molecule has 3 heteroatoms. The van der Waals surface area contributed by atoms with Crippen LogP contribution in [-0.4, -0.2) is 13.1 Å². The van der Waals surface area contributed by atoms with Crippen molar-refractivity contribution < 1.29 is 0 Å². The average Bonchev–Trinajstić information content (AvgIpc) is 3.23. The Hall–Kier alpha value is -1.32. The van der Waals surface area contributed by atoms with Crippen molar-refractivity contribution in [1.82, 2.24) is 5.32 Å². The van der Waals surface area contributed by atoms with E-state index in [9.17, 15) is 0 Å². The van der Waals surface area contributed by atoms with Crippen molar-refractivity contribution in [2.45, 2.75) is 44.8 Å². The van der Waals surface area contributed by atoms with Crippen molar-refractivity contribution in [1.29, 1.82) is 0 Å². The van der Waals surface area contributed by atoms with E-state index in [4.69, 9.17) is 0 Å². The van der Waals surface area contributed by atoms with E-state index in [2.05, 4.69) is 58.2 Å². The number of benzene rings is 1. The van der Waals surface area contributed by atoms with E-state index in [0.29, 0.717) is 6.04 Å². The minimum Gasteiger partial charge on any atom is -0.364 e. The van der Waals surface area contributed by atoms with Crippen molar-refractivity contribution in [3.8, 4) is 0 Å². The zero-order valence-electron chi connectivity index (χ0n) is 12.9. The molecule has 2 aromatic rings. The summed E-state index contributed by atoms with van der Waals surface area (Å²) >= 11 is 1.79. The van der Waals surface area contributed by atoms with Crippen LogP contribution in [0.1, 0.15) is 43.4 Å². The van der Waals surface area contributed by atoms with Gasteiger partial charge in [0, 0.05) is 24.3 Å². The van der Waals surface area contributed by atoms with Crippen LogP contribution in [0.15, 0.2) is 41.1 Å². The lowest BCUT2D eigenvalue weighted by atomic mass is 10.0. The molecule has 1 aliphatic rings. The number of anilines is 1. The quantitative estimate of drug-likeness (QED) is 0.804. The first kappa shape index (κ1) is 14.6. The van der Waals surface area contributed by atoms with Gasteiger partial charge in [-0.3, -0.25) is 0 Å². The van der Waals surface area contributed by atoms with Gasteiger partial charge >= 0.3 is 0 Å². The van der Waals surface area contributed by atoms with Crippen LogP contribution in [0, 0.1) is 0 Å². The molecule has 1 atom stereocenters. The molecule has 2 nitrogen and oxygen atoms in total. The molecule has 1 aromatic carbocycles. The Morgan fingerprint density at radius 1 is 1.24 bits per heavy atom. The smallest absolute Gasteiger partial charge is 0.0440 e. The monoisotopic (exact) mass is 300 g/mol. The summed E-state index contributed by atoms with van der Waals surface area (Å²) in [6, 6.07) is 12.6. The summed E-state index contributed by atoms with van der Waals surface area (Å²) in [5, 5.41) is 7.81. The third-order valence-corrected chi connectivity index (χ3v) is 5.04. The molecule has 0 spiro atoms. The molecule has 112 valence electrons. The van der Waals surface area contributed by atoms with Gasteiger partial charge in [0.1, 0.15) is 0 Å². The fourth-order valence-electron chi connectivity index (χ4n) is 2.90. The summed E-state index contributed by atoms with van der Waals surface area (Å²) in [5.41, 5.74) is 4.17. The Morgan fingerprint density at radius 2 is 2.00 bits per heavy atom. The predicted octanol–water partition coefficient (Wildman–Crippen LogP) is 4.59. The van der Waals surface area contributed by atoms with Gasteiger partial charge in [0.05, 0.1) is 0 Å². The number of nitrogens with one attached hydrogen (secondary N) is 1. The molecular formula is C18H24N2S. The maximum atomic E-state index is 3.38. The van der Waals surface area contributed by atoms with E-state index < -0.39 is 0 Å². The second-order valence-electron chi connectivity index (χ2n) is 5.83. The first-order valence-electron chi connectivity index (χ1n) is 7.86. The summed E-state index contributed by atoms with van der Waals surface area (Å²) in [7, 11) is 2.04. The second-order valence-corrected chi connectivity index (χ2v) is 6.61. The Kier molecular flexibility index (Phi) is 4.61. The van der Waals surface area contributed by atoms with Gasteiger partial charge < -0.3 is 10.2 Å². The van der Waals surface area contributed by atoms with Crippen molar-refractivity contribution >= 4 is 17.0 Å². The van der Waals surface area contributed by atoms with Crippen molar-refractivity contribution in [2.24, 2.45) is 0 Å². The topological polar surface area (TPSA) is 15.3 Å². The van der Waals surface area contributed by atoms with Gasteiger partial charge in [-0.1, -0.05) is 19.1 Å². The highest BCUT2D eigenvalue weighted by atomic mass is 32.1. The van der Waals surface area contributed by atoms with Crippen LogP contribution in [0.5, 0.6) is 0 Å². The number of rotatable bonds is 7. The number of nitrogens with zero attached hydrogens (tertiary/aromatic N) is 1. The molecule has 0 aliphatic heterocycles. The Morgan fingerprint density at radius 3 is 2.52 bits per heavy atom. The highest BCUT2D eigenvalue weighted by Gasteiger charge is 2.29. The van der Waals surface area contributed by atoms with Gasteiger partial charge in [0.2, 0.25) is 0 Å². The van der Waals surface area contributed by atoms with Gasteiger partial charge in [-0.15, -0.1) is 0 Å². The van der Waals surface area contributed by atoms with Gasteiger partial charge in [-0.05, 0) is 66.4 Å². The maximum absolute atomic E-state index is 3.38. The minimum atomic E-state index is 0.463. The molecule has 21 heavy (non-hydrogen) atoms. The largest absolute Gasteiger partial charge is 0.364 e. The third kappa shape index (κ3) is 3.47. The third-order valence-electron chi connectivity index (χ3n) is 4.30. The SMILES string of the molecule is CCC(NC)c1ccc(N(Cc2ccsc2)C2CC2)cc1. The van der Waals surface area contributed by atoms with E-state index in [-0.39, 0.29) is 0 Å². The van der Waals surface area contributed by atoms with Crippen molar-refractivity contribution in [3.63, 3.8) is 0 Å². The first-order chi connectivity index (χ1) is 10.3. The first-order valence-corrected chi connectivity index (χ1v) is 8.81. The van der Waals surface area contributed by atoms with Crippen molar-refractivity contribution in [3.05, 3.63) is 52.2 Å². The van der Waals surface area contributed by atoms with Gasteiger partial charge in [-0.25, -0.2) is 0 Å². The van der Waals surface area contributed by atoms with E-state index >= 15 is 0 Å². The van der Waals surface area contributed by atoms with Crippen molar-refractivity contribution in [2.75, 3.05) is 11.9 Å². The van der Waals surface area contributed by atoms with Gasteiger partial charge in [0.15, 0.2) is 0 Å². The van der Waals surface area contributed by atoms with E-state index in [1.165, 1.54) is 29.7 Å². The Labute approximate surface area is 131 Å². The molecule has 1 fully saturated rings. The predicted molar refractivity (Wildman–Crippen MR) is 92.1 cm³/mol. The molecule has 1 saturated carbocycles. The van der Waals surface area contributed by atoms with Gasteiger partial charge in [0.25, 0.3) is 0 Å². The number of hydrogen-bond donors (Lipinski definition) is 1. The fraction of sp³-hybridized carbons (Fsp3) is 0.444. The van der Waals surface area contributed by atoms with Crippen LogP contribution in [0.2, 0.25) is 0 Å². The molecule has 1 heterocycles. The van der Waals surface area contributed by atoms with E-state index in [0.717, 1.165) is 19.0 Å². The molecule has 0 radical (unpaired) electrons. The lowest BCUT2D eigenvalue weighted by Gasteiger charge is -2.25. The minimum absolute atomic E-state index is 0.463. The maximum Gasteiger partial charge on any atom is 0.0440 e. The van der Waals surface area contributed by atoms with Crippen LogP contribution < -0.4 is 10.2 Å². The second kappa shape index (κ2) is 6.63. The van der Waals surface area contributed by atoms with Crippen LogP contribution >= 0.6 is 11.3 Å². The average molecular weight is 300 g/mol. The normalized spacial score (nSPS) is 15.9. The molecule has 0 bridgehead atoms. The van der Waals surface area contributed by atoms with E-state index in [1.807, 2.05) is 7.05 Å². The fourth-order valence-corrected chi connectivity index (χ4v) is 3.56. The standard InChI is InChI=1S/C18H24N2S/c1-3-18(19-2)15-4-6-16(7-5-15)20(17-8-9-17)12-14-10-11-21-13-14/h4-7,10-11,13,17-19H,3,8-9,12H2,1-2H3. The molecule has 1 aromatic heterocycles. The van der Waals surface area contributed by atoms with Crippen LogP contribution in [0.3, 0.4) is 0 Å².